The SMILES string of the molecule is NCC=CCC1CCN(c2ccc3cccnc3c2)C1. The number of rotatable bonds is 4. The molecule has 1 aliphatic rings. The summed E-state index contributed by atoms with van der Waals surface area (Å²) in [5.74, 6) is 0.747. The molecule has 0 radical (unpaired) electrons. The second-order valence-electron chi connectivity index (χ2n) is 5.42. The molecule has 1 aliphatic heterocycles. The van der Waals surface area contributed by atoms with E-state index in [0.717, 1.165) is 30.9 Å². The van der Waals surface area contributed by atoms with E-state index in [0.29, 0.717) is 6.54 Å². The van der Waals surface area contributed by atoms with Crippen LogP contribution in [-0.4, -0.2) is 24.6 Å². The third kappa shape index (κ3) is 2.83. The molecule has 1 aromatic heterocycles. The molecule has 2 aromatic rings. The first-order valence-electron chi connectivity index (χ1n) is 7.31. The number of fused-ring (bicyclic) bond motifs is 1. The first kappa shape index (κ1) is 13.1. The van der Waals surface area contributed by atoms with Crippen LogP contribution in [0.4, 0.5) is 5.69 Å². The van der Waals surface area contributed by atoms with E-state index in [1.807, 2.05) is 12.3 Å². The molecule has 3 rings (SSSR count). The summed E-state index contributed by atoms with van der Waals surface area (Å²) >= 11 is 0. The number of allylic oxidation sites excluding steroid dienone is 1. The van der Waals surface area contributed by atoms with Gasteiger partial charge in [-0.3, -0.25) is 4.98 Å². The maximum absolute atomic E-state index is 5.48. The van der Waals surface area contributed by atoms with Gasteiger partial charge in [-0.15, -0.1) is 0 Å². The highest BCUT2D eigenvalue weighted by molar-refractivity contribution is 5.82. The van der Waals surface area contributed by atoms with Gasteiger partial charge in [0.1, 0.15) is 0 Å². The summed E-state index contributed by atoms with van der Waals surface area (Å²) in [6.45, 7) is 2.92. The van der Waals surface area contributed by atoms with E-state index < -0.39 is 0 Å². The number of aromatic nitrogens is 1. The highest BCUT2D eigenvalue weighted by Crippen LogP contribution is 2.27. The van der Waals surface area contributed by atoms with Crippen molar-refractivity contribution in [3.8, 4) is 0 Å². The zero-order valence-electron chi connectivity index (χ0n) is 11.7. The Morgan fingerprint density at radius 2 is 2.25 bits per heavy atom. The van der Waals surface area contributed by atoms with Crippen molar-refractivity contribution < 1.29 is 0 Å². The molecule has 1 unspecified atom stereocenters. The third-order valence-corrected chi connectivity index (χ3v) is 4.01. The Bertz CT molecular complexity index is 606. The van der Waals surface area contributed by atoms with Crippen LogP contribution < -0.4 is 10.6 Å². The lowest BCUT2D eigenvalue weighted by atomic mass is 10.1. The Kier molecular flexibility index (Phi) is 3.97. The zero-order chi connectivity index (χ0) is 13.8. The molecule has 1 saturated heterocycles. The first-order chi connectivity index (χ1) is 9.86. The number of anilines is 1. The van der Waals surface area contributed by atoms with Gasteiger partial charge in [-0.2, -0.15) is 0 Å². The third-order valence-electron chi connectivity index (χ3n) is 4.01. The molecule has 1 atom stereocenters. The summed E-state index contributed by atoms with van der Waals surface area (Å²) in [5.41, 5.74) is 7.85. The van der Waals surface area contributed by atoms with Crippen LogP contribution in [0.15, 0.2) is 48.7 Å². The van der Waals surface area contributed by atoms with Gasteiger partial charge in [-0.25, -0.2) is 0 Å². The average molecular weight is 267 g/mol. The van der Waals surface area contributed by atoms with Crippen LogP contribution in [0.3, 0.4) is 0 Å². The van der Waals surface area contributed by atoms with E-state index in [-0.39, 0.29) is 0 Å². The molecule has 0 saturated carbocycles. The van der Waals surface area contributed by atoms with Gasteiger partial charge < -0.3 is 10.6 Å². The van der Waals surface area contributed by atoms with Gasteiger partial charge in [0.2, 0.25) is 0 Å². The van der Waals surface area contributed by atoms with E-state index in [4.69, 9.17) is 5.73 Å². The van der Waals surface area contributed by atoms with Crippen molar-refractivity contribution in [2.24, 2.45) is 11.7 Å². The van der Waals surface area contributed by atoms with Crippen molar-refractivity contribution >= 4 is 16.6 Å². The number of hydrogen-bond acceptors (Lipinski definition) is 3. The maximum Gasteiger partial charge on any atom is 0.0722 e. The van der Waals surface area contributed by atoms with Crippen molar-refractivity contribution in [2.45, 2.75) is 12.8 Å². The minimum Gasteiger partial charge on any atom is -0.371 e. The van der Waals surface area contributed by atoms with Gasteiger partial charge in [0, 0.05) is 36.9 Å². The molecular formula is C17H21N3. The van der Waals surface area contributed by atoms with Gasteiger partial charge in [-0.05, 0) is 37.0 Å². The maximum atomic E-state index is 5.48. The summed E-state index contributed by atoms with van der Waals surface area (Å²) < 4.78 is 0. The topological polar surface area (TPSA) is 42.1 Å². The predicted molar refractivity (Wildman–Crippen MR) is 84.9 cm³/mol. The Hall–Kier alpha value is -1.87. The zero-order valence-corrected chi connectivity index (χ0v) is 11.7. The molecule has 2 heterocycles. The van der Waals surface area contributed by atoms with Crippen LogP contribution in [0.2, 0.25) is 0 Å². The van der Waals surface area contributed by atoms with Crippen LogP contribution in [0, 0.1) is 5.92 Å². The molecule has 0 bridgehead atoms. The molecule has 1 aromatic carbocycles. The molecule has 3 heteroatoms. The normalized spacial score (nSPS) is 19.2. The van der Waals surface area contributed by atoms with Crippen molar-refractivity contribution in [1.82, 2.24) is 4.98 Å². The fraction of sp³-hybridized carbons (Fsp3) is 0.353. The molecule has 1 fully saturated rings. The summed E-state index contributed by atoms with van der Waals surface area (Å²) in [6, 6.07) is 10.7. The summed E-state index contributed by atoms with van der Waals surface area (Å²) in [4.78, 5) is 6.91. The van der Waals surface area contributed by atoms with Gasteiger partial charge in [0.25, 0.3) is 0 Å². The average Bonchev–Trinajstić information content (AvgIpc) is 2.96. The fourth-order valence-corrected chi connectivity index (χ4v) is 2.90. The Balaban J connectivity index is 1.71. The second kappa shape index (κ2) is 6.06. The summed E-state index contributed by atoms with van der Waals surface area (Å²) in [5, 5.41) is 1.21. The van der Waals surface area contributed by atoms with Crippen molar-refractivity contribution in [2.75, 3.05) is 24.5 Å². The molecule has 3 nitrogen and oxygen atoms in total. The number of pyridine rings is 1. The first-order valence-corrected chi connectivity index (χ1v) is 7.31. The van der Waals surface area contributed by atoms with Crippen LogP contribution >= 0.6 is 0 Å². The highest BCUT2D eigenvalue weighted by atomic mass is 15.1. The van der Waals surface area contributed by atoms with E-state index in [2.05, 4.69) is 46.3 Å². The lowest BCUT2D eigenvalue weighted by molar-refractivity contribution is 0.599. The standard InChI is InChI=1S/C17H21N3/c18-9-2-1-4-14-8-11-20(13-14)16-7-6-15-5-3-10-19-17(15)12-16/h1-3,5-7,10,12,14H,4,8-9,11,13,18H2. The molecule has 2 N–H and O–H groups in total. The number of benzene rings is 1. The van der Waals surface area contributed by atoms with E-state index in [9.17, 15) is 0 Å². The molecule has 20 heavy (non-hydrogen) atoms. The van der Waals surface area contributed by atoms with Gasteiger partial charge in [-0.1, -0.05) is 24.3 Å². The lowest BCUT2D eigenvalue weighted by Crippen LogP contribution is -2.19. The summed E-state index contributed by atoms with van der Waals surface area (Å²) in [6.07, 6.45) is 8.53. The van der Waals surface area contributed by atoms with E-state index >= 15 is 0 Å². The van der Waals surface area contributed by atoms with Gasteiger partial charge in [0.15, 0.2) is 0 Å². The van der Waals surface area contributed by atoms with Crippen molar-refractivity contribution in [1.29, 1.82) is 0 Å². The number of nitrogens with zero attached hydrogens (tertiary/aromatic N) is 2. The van der Waals surface area contributed by atoms with Crippen molar-refractivity contribution in [3.63, 3.8) is 0 Å². The predicted octanol–water partition coefficient (Wildman–Crippen LogP) is 2.97. The molecule has 104 valence electrons. The Labute approximate surface area is 120 Å². The monoisotopic (exact) mass is 267 g/mol. The lowest BCUT2D eigenvalue weighted by Gasteiger charge is -2.18. The fourth-order valence-electron chi connectivity index (χ4n) is 2.90. The van der Waals surface area contributed by atoms with E-state index in [1.165, 1.54) is 17.5 Å². The van der Waals surface area contributed by atoms with Crippen LogP contribution in [-0.2, 0) is 0 Å². The minimum atomic E-state index is 0.646. The quantitative estimate of drug-likeness (QED) is 0.866. The van der Waals surface area contributed by atoms with Gasteiger partial charge in [0.05, 0.1) is 5.52 Å². The molecule has 0 aliphatic carbocycles. The number of nitrogens with two attached hydrogens (primary N) is 1. The summed E-state index contributed by atoms with van der Waals surface area (Å²) in [7, 11) is 0. The largest absolute Gasteiger partial charge is 0.371 e. The smallest absolute Gasteiger partial charge is 0.0722 e. The molecule has 0 spiro atoms. The van der Waals surface area contributed by atoms with Crippen LogP contribution in [0.25, 0.3) is 10.9 Å². The highest BCUT2D eigenvalue weighted by Gasteiger charge is 2.21. The molecule has 0 amide bonds. The van der Waals surface area contributed by atoms with Crippen LogP contribution in [0.1, 0.15) is 12.8 Å². The van der Waals surface area contributed by atoms with Crippen LogP contribution in [0.5, 0.6) is 0 Å². The van der Waals surface area contributed by atoms with E-state index in [1.54, 1.807) is 0 Å². The molecular weight excluding hydrogens is 246 g/mol. The van der Waals surface area contributed by atoms with Gasteiger partial charge >= 0.3 is 0 Å². The van der Waals surface area contributed by atoms with Crippen molar-refractivity contribution in [3.05, 3.63) is 48.7 Å². The Morgan fingerprint density at radius 3 is 3.15 bits per heavy atom. The minimum absolute atomic E-state index is 0.646. The second-order valence-corrected chi connectivity index (χ2v) is 5.42. The number of hydrogen-bond donors (Lipinski definition) is 1. The Morgan fingerprint density at radius 1 is 1.30 bits per heavy atom.